The van der Waals surface area contributed by atoms with E-state index in [4.69, 9.17) is 11.6 Å². The fourth-order valence-electron chi connectivity index (χ4n) is 3.63. The summed E-state index contributed by atoms with van der Waals surface area (Å²) in [5, 5.41) is 0.522. The van der Waals surface area contributed by atoms with Crippen LogP contribution in [0.1, 0.15) is 38.5 Å². The van der Waals surface area contributed by atoms with E-state index in [2.05, 4.69) is 0 Å². The van der Waals surface area contributed by atoms with Gasteiger partial charge in [-0.15, -0.1) is 0 Å². The summed E-state index contributed by atoms with van der Waals surface area (Å²) in [6, 6.07) is 6.28. The van der Waals surface area contributed by atoms with Crippen molar-refractivity contribution in [2.75, 3.05) is 26.2 Å². The molecular formula is C18H25ClN2O3S. The van der Waals surface area contributed by atoms with Crippen molar-refractivity contribution in [1.82, 2.24) is 9.21 Å². The van der Waals surface area contributed by atoms with Crippen molar-refractivity contribution >= 4 is 27.5 Å². The van der Waals surface area contributed by atoms with E-state index in [9.17, 15) is 13.2 Å². The minimum absolute atomic E-state index is 0.235. The largest absolute Gasteiger partial charge is 0.343 e. The molecule has 2 saturated heterocycles. The number of likely N-dealkylation sites (tertiary alicyclic amines) is 1. The van der Waals surface area contributed by atoms with E-state index in [1.54, 1.807) is 24.3 Å². The van der Waals surface area contributed by atoms with Gasteiger partial charge in [0.1, 0.15) is 0 Å². The molecule has 0 unspecified atom stereocenters. The lowest BCUT2D eigenvalue weighted by molar-refractivity contribution is -0.133. The van der Waals surface area contributed by atoms with Crippen molar-refractivity contribution < 1.29 is 13.2 Å². The van der Waals surface area contributed by atoms with Gasteiger partial charge in [-0.3, -0.25) is 4.79 Å². The first-order valence-electron chi connectivity index (χ1n) is 9.00. The molecule has 0 N–H and O–H groups in total. The molecule has 7 heteroatoms. The standard InChI is InChI=1S/C18H25ClN2O3S/c19-16-4-6-17(7-5-16)25(23,24)21-12-8-15(9-13-21)14-18(22)20-10-2-1-3-11-20/h4-7,15H,1-3,8-14H2. The van der Waals surface area contributed by atoms with Crippen molar-refractivity contribution in [1.29, 1.82) is 0 Å². The van der Waals surface area contributed by atoms with E-state index in [0.717, 1.165) is 38.8 Å². The number of hydrogen-bond donors (Lipinski definition) is 0. The molecule has 1 amide bonds. The van der Waals surface area contributed by atoms with Crippen molar-refractivity contribution in [3.63, 3.8) is 0 Å². The molecule has 1 aromatic rings. The lowest BCUT2D eigenvalue weighted by atomic mass is 9.93. The Morgan fingerprint density at radius 2 is 1.60 bits per heavy atom. The Bertz CT molecular complexity index is 692. The Balaban J connectivity index is 1.54. The maximum Gasteiger partial charge on any atom is 0.243 e. The van der Waals surface area contributed by atoms with Gasteiger partial charge in [0, 0.05) is 37.6 Å². The van der Waals surface area contributed by atoms with Crippen molar-refractivity contribution in [3.8, 4) is 0 Å². The van der Waals surface area contributed by atoms with Crippen LogP contribution in [0, 0.1) is 5.92 Å². The third kappa shape index (κ3) is 4.54. The molecule has 0 radical (unpaired) electrons. The smallest absolute Gasteiger partial charge is 0.243 e. The van der Waals surface area contributed by atoms with Gasteiger partial charge in [0.05, 0.1) is 4.90 Å². The average Bonchev–Trinajstić information content (AvgIpc) is 2.63. The summed E-state index contributed by atoms with van der Waals surface area (Å²) in [6.07, 6.45) is 5.45. The molecule has 25 heavy (non-hydrogen) atoms. The summed E-state index contributed by atoms with van der Waals surface area (Å²) in [5.41, 5.74) is 0. The molecule has 0 aromatic heterocycles. The number of carbonyl (C=O) groups is 1. The van der Waals surface area contributed by atoms with Crippen LogP contribution in [-0.2, 0) is 14.8 Å². The van der Waals surface area contributed by atoms with Gasteiger partial charge < -0.3 is 4.90 Å². The number of rotatable bonds is 4. The number of sulfonamides is 1. The van der Waals surface area contributed by atoms with E-state index < -0.39 is 10.0 Å². The molecule has 2 aliphatic rings. The summed E-state index contributed by atoms with van der Waals surface area (Å²) in [7, 11) is -3.47. The number of benzene rings is 1. The number of piperidine rings is 2. The topological polar surface area (TPSA) is 57.7 Å². The van der Waals surface area contributed by atoms with Gasteiger partial charge in [0.2, 0.25) is 15.9 Å². The summed E-state index contributed by atoms with van der Waals surface area (Å²) in [6.45, 7) is 2.71. The zero-order valence-electron chi connectivity index (χ0n) is 14.4. The quantitative estimate of drug-likeness (QED) is 0.801. The summed E-state index contributed by atoms with van der Waals surface area (Å²) in [4.78, 5) is 14.6. The summed E-state index contributed by atoms with van der Waals surface area (Å²) in [5.74, 6) is 0.518. The third-order valence-corrected chi connectivity index (χ3v) is 7.36. The van der Waals surface area contributed by atoms with Crippen LogP contribution in [0.5, 0.6) is 0 Å². The first-order chi connectivity index (χ1) is 12.0. The van der Waals surface area contributed by atoms with Gasteiger partial charge in [-0.1, -0.05) is 11.6 Å². The second-order valence-corrected chi connectivity index (χ2v) is 9.32. The minimum Gasteiger partial charge on any atom is -0.343 e. The molecule has 0 spiro atoms. The molecule has 138 valence electrons. The molecule has 0 saturated carbocycles. The van der Waals surface area contributed by atoms with Gasteiger partial charge in [-0.2, -0.15) is 4.31 Å². The molecule has 1 aromatic carbocycles. The molecule has 0 bridgehead atoms. The van der Waals surface area contributed by atoms with E-state index in [0.29, 0.717) is 24.5 Å². The number of nitrogens with zero attached hydrogens (tertiary/aromatic N) is 2. The number of carbonyl (C=O) groups excluding carboxylic acids is 1. The molecule has 2 heterocycles. The molecule has 0 aliphatic carbocycles. The van der Waals surface area contributed by atoms with Crippen LogP contribution in [-0.4, -0.2) is 49.7 Å². The molecule has 5 nitrogen and oxygen atoms in total. The molecule has 2 fully saturated rings. The maximum absolute atomic E-state index is 12.7. The molecule has 2 aliphatic heterocycles. The van der Waals surface area contributed by atoms with E-state index in [1.165, 1.54) is 10.7 Å². The minimum atomic E-state index is -3.47. The van der Waals surface area contributed by atoms with Gasteiger partial charge in [-0.25, -0.2) is 8.42 Å². The highest BCUT2D eigenvalue weighted by atomic mass is 35.5. The molecule has 3 rings (SSSR count). The van der Waals surface area contributed by atoms with Gasteiger partial charge in [0.25, 0.3) is 0 Å². The Morgan fingerprint density at radius 1 is 1.00 bits per heavy atom. The second-order valence-electron chi connectivity index (χ2n) is 6.95. The molecular weight excluding hydrogens is 360 g/mol. The first-order valence-corrected chi connectivity index (χ1v) is 10.8. The van der Waals surface area contributed by atoms with Crippen molar-refractivity contribution in [2.45, 2.75) is 43.4 Å². The first kappa shape index (κ1) is 18.7. The predicted octanol–water partition coefficient (Wildman–Crippen LogP) is 3.14. The Hall–Kier alpha value is -1.11. The molecule has 0 atom stereocenters. The van der Waals surface area contributed by atoms with Gasteiger partial charge >= 0.3 is 0 Å². The van der Waals surface area contributed by atoms with E-state index in [1.807, 2.05) is 4.90 Å². The SMILES string of the molecule is O=C(CC1CCN(S(=O)(=O)c2ccc(Cl)cc2)CC1)N1CCCCC1. The highest BCUT2D eigenvalue weighted by Gasteiger charge is 2.31. The lowest BCUT2D eigenvalue weighted by Crippen LogP contribution is -2.41. The summed E-state index contributed by atoms with van der Waals surface area (Å²) >= 11 is 5.83. The Labute approximate surface area is 155 Å². The van der Waals surface area contributed by atoms with E-state index in [-0.39, 0.29) is 16.7 Å². The van der Waals surface area contributed by atoms with Crippen LogP contribution in [0.25, 0.3) is 0 Å². The number of hydrogen-bond acceptors (Lipinski definition) is 3. The van der Waals surface area contributed by atoms with Gasteiger partial charge in [-0.05, 0) is 62.3 Å². The lowest BCUT2D eigenvalue weighted by Gasteiger charge is -2.33. The van der Waals surface area contributed by atoms with Crippen LogP contribution in [0.2, 0.25) is 5.02 Å². The van der Waals surface area contributed by atoms with Gasteiger partial charge in [0.15, 0.2) is 0 Å². The van der Waals surface area contributed by atoms with Crippen LogP contribution >= 0.6 is 11.6 Å². The van der Waals surface area contributed by atoms with Crippen molar-refractivity contribution in [2.24, 2.45) is 5.92 Å². The monoisotopic (exact) mass is 384 g/mol. The second kappa shape index (κ2) is 8.06. The average molecular weight is 385 g/mol. The Morgan fingerprint density at radius 3 is 2.20 bits per heavy atom. The zero-order valence-corrected chi connectivity index (χ0v) is 15.9. The third-order valence-electron chi connectivity index (χ3n) is 5.20. The highest BCUT2D eigenvalue weighted by molar-refractivity contribution is 7.89. The zero-order chi connectivity index (χ0) is 17.9. The van der Waals surface area contributed by atoms with Crippen LogP contribution in [0.3, 0.4) is 0 Å². The van der Waals surface area contributed by atoms with E-state index >= 15 is 0 Å². The van der Waals surface area contributed by atoms with Crippen LogP contribution in [0.4, 0.5) is 0 Å². The number of halogens is 1. The van der Waals surface area contributed by atoms with Crippen LogP contribution in [0.15, 0.2) is 29.2 Å². The fraction of sp³-hybridized carbons (Fsp3) is 0.611. The predicted molar refractivity (Wildman–Crippen MR) is 98.0 cm³/mol. The normalized spacial score (nSPS) is 20.6. The fourth-order valence-corrected chi connectivity index (χ4v) is 5.22. The summed E-state index contributed by atoms with van der Waals surface area (Å²) < 4.78 is 26.9. The van der Waals surface area contributed by atoms with Crippen molar-refractivity contribution in [3.05, 3.63) is 29.3 Å². The number of amides is 1. The Kier molecular flexibility index (Phi) is 6.02. The highest BCUT2D eigenvalue weighted by Crippen LogP contribution is 2.27. The van der Waals surface area contributed by atoms with Crippen LogP contribution < -0.4 is 0 Å². The maximum atomic E-state index is 12.7.